The summed E-state index contributed by atoms with van der Waals surface area (Å²) in [6, 6.07) is 0. The molecule has 2 fully saturated rings. The van der Waals surface area contributed by atoms with Crippen molar-refractivity contribution in [3.8, 4) is 0 Å². The summed E-state index contributed by atoms with van der Waals surface area (Å²) >= 11 is 0. The van der Waals surface area contributed by atoms with E-state index < -0.39 is 6.10 Å². The van der Waals surface area contributed by atoms with E-state index in [1.165, 1.54) is 0 Å². The predicted molar refractivity (Wildman–Crippen MR) is 70.0 cm³/mol. The molecule has 4 atom stereocenters. The van der Waals surface area contributed by atoms with Crippen LogP contribution in [0.3, 0.4) is 0 Å². The van der Waals surface area contributed by atoms with Crippen LogP contribution in [0.2, 0.25) is 0 Å². The van der Waals surface area contributed by atoms with E-state index in [1.54, 1.807) is 6.92 Å². The SMILES string of the molecule is C/C(C=O)=C1\C(O)CC1(C)C1CC(C)(C)CC1O. The Bertz CT molecular complexity index is 397. The molecular weight excluding hydrogens is 228 g/mol. The molecule has 0 aromatic carbocycles. The van der Waals surface area contributed by atoms with Crippen LogP contribution in [0.1, 0.15) is 47.0 Å². The summed E-state index contributed by atoms with van der Waals surface area (Å²) < 4.78 is 0. The van der Waals surface area contributed by atoms with Gasteiger partial charge in [0, 0.05) is 0 Å². The fourth-order valence-corrected chi connectivity index (χ4v) is 4.16. The summed E-state index contributed by atoms with van der Waals surface area (Å²) in [5.41, 5.74) is 1.42. The third kappa shape index (κ3) is 1.94. The minimum Gasteiger partial charge on any atom is -0.393 e. The fraction of sp³-hybridized carbons (Fsp3) is 0.800. The normalized spacial score (nSPS) is 45.6. The maximum absolute atomic E-state index is 11.0. The number of rotatable bonds is 2. The largest absolute Gasteiger partial charge is 0.393 e. The highest BCUT2D eigenvalue weighted by atomic mass is 16.3. The smallest absolute Gasteiger partial charge is 0.145 e. The Hall–Kier alpha value is -0.670. The van der Waals surface area contributed by atoms with Gasteiger partial charge in [0.25, 0.3) is 0 Å². The van der Waals surface area contributed by atoms with Crippen LogP contribution >= 0.6 is 0 Å². The molecule has 4 unspecified atom stereocenters. The van der Waals surface area contributed by atoms with E-state index in [-0.39, 0.29) is 22.9 Å². The van der Waals surface area contributed by atoms with Gasteiger partial charge in [-0.05, 0) is 54.1 Å². The maximum atomic E-state index is 11.0. The van der Waals surface area contributed by atoms with E-state index in [4.69, 9.17) is 0 Å². The molecule has 2 aliphatic rings. The first kappa shape index (κ1) is 13.8. The molecule has 3 nitrogen and oxygen atoms in total. The van der Waals surface area contributed by atoms with E-state index in [2.05, 4.69) is 20.8 Å². The standard InChI is InChI=1S/C15H24O3/c1-9(8-16)13-12(18)7-15(13,4)10-5-14(2,3)6-11(10)17/h8,10-12,17-18H,5-7H2,1-4H3/b13-9-. The van der Waals surface area contributed by atoms with Gasteiger partial charge in [-0.2, -0.15) is 0 Å². The Balaban J connectivity index is 2.31. The van der Waals surface area contributed by atoms with E-state index in [0.29, 0.717) is 12.0 Å². The van der Waals surface area contributed by atoms with Crippen molar-refractivity contribution in [2.24, 2.45) is 16.7 Å². The van der Waals surface area contributed by atoms with Gasteiger partial charge in [-0.15, -0.1) is 0 Å². The third-order valence-electron chi connectivity index (χ3n) is 4.98. The van der Waals surface area contributed by atoms with E-state index in [0.717, 1.165) is 24.7 Å². The third-order valence-corrected chi connectivity index (χ3v) is 4.98. The van der Waals surface area contributed by atoms with Crippen molar-refractivity contribution in [2.75, 3.05) is 0 Å². The zero-order valence-electron chi connectivity index (χ0n) is 11.7. The highest BCUT2D eigenvalue weighted by molar-refractivity contribution is 5.75. The number of hydrogen-bond acceptors (Lipinski definition) is 3. The second-order valence-electron chi connectivity index (χ2n) is 7.10. The molecule has 0 bridgehead atoms. The lowest BCUT2D eigenvalue weighted by molar-refractivity contribution is -0.105. The Morgan fingerprint density at radius 3 is 2.22 bits per heavy atom. The van der Waals surface area contributed by atoms with Gasteiger partial charge in [0.05, 0.1) is 12.2 Å². The molecule has 0 amide bonds. The first-order valence-corrected chi connectivity index (χ1v) is 6.74. The number of carbonyl (C=O) groups excluding carboxylic acids is 1. The van der Waals surface area contributed by atoms with Crippen LogP contribution in [0, 0.1) is 16.7 Å². The molecule has 0 aliphatic heterocycles. The lowest BCUT2D eigenvalue weighted by Gasteiger charge is -2.51. The maximum Gasteiger partial charge on any atom is 0.145 e. The molecule has 18 heavy (non-hydrogen) atoms. The van der Waals surface area contributed by atoms with Gasteiger partial charge < -0.3 is 10.2 Å². The minimum absolute atomic E-state index is 0.147. The van der Waals surface area contributed by atoms with Crippen LogP contribution in [0.15, 0.2) is 11.1 Å². The first-order valence-electron chi connectivity index (χ1n) is 6.74. The highest BCUT2D eigenvalue weighted by Gasteiger charge is 2.56. The molecule has 2 N–H and O–H groups in total. The van der Waals surface area contributed by atoms with Crippen LogP contribution in [-0.2, 0) is 4.79 Å². The van der Waals surface area contributed by atoms with Gasteiger partial charge in [0.15, 0.2) is 0 Å². The Morgan fingerprint density at radius 1 is 1.22 bits per heavy atom. The summed E-state index contributed by atoms with van der Waals surface area (Å²) in [5.74, 6) is 0.154. The van der Waals surface area contributed by atoms with Crippen molar-refractivity contribution in [2.45, 2.75) is 59.2 Å². The van der Waals surface area contributed by atoms with Crippen LogP contribution in [0.25, 0.3) is 0 Å². The van der Waals surface area contributed by atoms with Crippen molar-refractivity contribution in [3.63, 3.8) is 0 Å². The quantitative estimate of drug-likeness (QED) is 0.584. The molecule has 0 aromatic rings. The van der Waals surface area contributed by atoms with E-state index in [9.17, 15) is 15.0 Å². The number of aliphatic hydroxyl groups excluding tert-OH is 2. The molecule has 2 rings (SSSR count). The number of aliphatic hydroxyl groups is 2. The molecule has 102 valence electrons. The number of carbonyl (C=O) groups is 1. The zero-order valence-corrected chi connectivity index (χ0v) is 11.7. The monoisotopic (exact) mass is 252 g/mol. The van der Waals surface area contributed by atoms with Crippen molar-refractivity contribution >= 4 is 6.29 Å². The second kappa shape index (κ2) is 4.17. The average Bonchev–Trinajstić information content (AvgIpc) is 2.51. The molecular formula is C15H24O3. The van der Waals surface area contributed by atoms with Gasteiger partial charge in [0.2, 0.25) is 0 Å². The molecule has 0 saturated heterocycles. The molecule has 0 radical (unpaired) electrons. The highest BCUT2D eigenvalue weighted by Crippen LogP contribution is 2.59. The van der Waals surface area contributed by atoms with Gasteiger partial charge >= 0.3 is 0 Å². The first-order chi connectivity index (χ1) is 8.21. The molecule has 0 spiro atoms. The lowest BCUT2D eigenvalue weighted by Crippen LogP contribution is -2.50. The van der Waals surface area contributed by atoms with Crippen LogP contribution in [0.5, 0.6) is 0 Å². The van der Waals surface area contributed by atoms with E-state index >= 15 is 0 Å². The van der Waals surface area contributed by atoms with Crippen molar-refractivity contribution in [1.82, 2.24) is 0 Å². The number of aldehydes is 1. The summed E-state index contributed by atoms with van der Waals surface area (Å²) in [4.78, 5) is 11.0. The van der Waals surface area contributed by atoms with Crippen molar-refractivity contribution in [1.29, 1.82) is 0 Å². The van der Waals surface area contributed by atoms with Crippen LogP contribution in [0.4, 0.5) is 0 Å². The zero-order chi connectivity index (χ0) is 13.7. The molecule has 3 heteroatoms. The summed E-state index contributed by atoms with van der Waals surface area (Å²) in [6.45, 7) is 8.18. The van der Waals surface area contributed by atoms with Gasteiger partial charge in [-0.25, -0.2) is 0 Å². The second-order valence-corrected chi connectivity index (χ2v) is 7.10. The van der Waals surface area contributed by atoms with Gasteiger partial charge in [-0.3, -0.25) is 4.79 Å². The molecule has 0 heterocycles. The van der Waals surface area contributed by atoms with Gasteiger partial charge in [-0.1, -0.05) is 20.8 Å². The van der Waals surface area contributed by atoms with Crippen molar-refractivity contribution < 1.29 is 15.0 Å². The number of hydrogen-bond donors (Lipinski definition) is 2. The Labute approximate surface area is 109 Å². The summed E-state index contributed by atoms with van der Waals surface area (Å²) in [7, 11) is 0. The lowest BCUT2D eigenvalue weighted by atomic mass is 9.55. The van der Waals surface area contributed by atoms with Crippen LogP contribution in [-0.4, -0.2) is 28.7 Å². The summed E-state index contributed by atoms with van der Waals surface area (Å²) in [5, 5.41) is 20.2. The topological polar surface area (TPSA) is 57.5 Å². The summed E-state index contributed by atoms with van der Waals surface area (Å²) in [6.07, 6.45) is 2.40. The number of allylic oxidation sites excluding steroid dienone is 1. The van der Waals surface area contributed by atoms with Crippen molar-refractivity contribution in [3.05, 3.63) is 11.1 Å². The Morgan fingerprint density at radius 2 is 1.83 bits per heavy atom. The molecule has 2 saturated carbocycles. The molecule has 2 aliphatic carbocycles. The van der Waals surface area contributed by atoms with E-state index in [1.807, 2.05) is 0 Å². The van der Waals surface area contributed by atoms with Gasteiger partial charge in [0.1, 0.15) is 6.29 Å². The van der Waals surface area contributed by atoms with Crippen LogP contribution < -0.4 is 0 Å². The average molecular weight is 252 g/mol. The minimum atomic E-state index is -0.504. The predicted octanol–water partition coefficient (Wildman–Crippen LogP) is 2.07. The Kier molecular flexibility index (Phi) is 3.19. The fourth-order valence-electron chi connectivity index (χ4n) is 4.16. The molecule has 0 aromatic heterocycles.